The van der Waals surface area contributed by atoms with Gasteiger partial charge in [-0.15, -0.1) is 0 Å². The summed E-state index contributed by atoms with van der Waals surface area (Å²) in [5.74, 6) is -0.971. The molecule has 0 saturated carbocycles. The Balaban J connectivity index is 3.27. The molecule has 1 aromatic carbocycles. The maximum Gasteiger partial charge on any atom is 0.416 e. The first kappa shape index (κ1) is 19.1. The molecule has 1 rings (SSSR count). The molecule has 3 nitrogen and oxygen atoms in total. The lowest BCUT2D eigenvalue weighted by molar-refractivity contribution is -0.137. The van der Waals surface area contributed by atoms with Crippen LogP contribution < -0.4 is 5.73 Å². The molecular formula is C15H18F5N3. The standard InChI is InChI=1S/C15H18F5N3/c1-3-14(23(2)8-11(17)7-16)12-5-4-10(15(18,19)20)6-13(12)22-9-21/h4-7,9,14H,3,8H2,1-2H3,(H2,21,22)/b11-7-. The molecule has 8 heteroatoms. The van der Waals surface area contributed by atoms with Crippen molar-refractivity contribution in [3.8, 4) is 0 Å². The fourth-order valence-electron chi connectivity index (χ4n) is 2.35. The second kappa shape index (κ2) is 8.05. The molecule has 0 saturated heterocycles. The molecule has 0 radical (unpaired) electrons. The molecule has 0 aliphatic rings. The van der Waals surface area contributed by atoms with Crippen molar-refractivity contribution in [3.63, 3.8) is 0 Å². The van der Waals surface area contributed by atoms with Crippen molar-refractivity contribution in [2.75, 3.05) is 13.6 Å². The highest BCUT2D eigenvalue weighted by molar-refractivity contribution is 5.62. The number of nitrogens with two attached hydrogens (primary N) is 1. The highest BCUT2D eigenvalue weighted by Crippen LogP contribution is 2.37. The second-order valence-electron chi connectivity index (χ2n) is 4.94. The third-order valence-corrected chi connectivity index (χ3v) is 3.37. The van der Waals surface area contributed by atoms with Gasteiger partial charge in [0.25, 0.3) is 0 Å². The Morgan fingerprint density at radius 3 is 2.52 bits per heavy atom. The van der Waals surface area contributed by atoms with Gasteiger partial charge in [-0.05, 0) is 31.2 Å². The van der Waals surface area contributed by atoms with Crippen LogP contribution in [0.3, 0.4) is 0 Å². The third kappa shape index (κ3) is 5.02. The van der Waals surface area contributed by atoms with Crippen LogP contribution in [0.1, 0.15) is 30.5 Å². The van der Waals surface area contributed by atoms with E-state index in [9.17, 15) is 22.0 Å². The van der Waals surface area contributed by atoms with E-state index in [1.165, 1.54) is 11.0 Å². The van der Waals surface area contributed by atoms with Crippen LogP contribution in [0.25, 0.3) is 0 Å². The van der Waals surface area contributed by atoms with Crippen LogP contribution in [0.4, 0.5) is 27.6 Å². The fraction of sp³-hybridized carbons (Fsp3) is 0.400. The van der Waals surface area contributed by atoms with Crippen molar-refractivity contribution in [1.29, 1.82) is 0 Å². The van der Waals surface area contributed by atoms with Crippen molar-refractivity contribution >= 4 is 12.0 Å². The van der Waals surface area contributed by atoms with E-state index in [0.29, 0.717) is 12.0 Å². The maximum atomic E-state index is 13.1. The number of nitrogens with zero attached hydrogens (tertiary/aromatic N) is 2. The Hall–Kier alpha value is -1.96. The van der Waals surface area contributed by atoms with Gasteiger partial charge in [-0.2, -0.15) is 13.2 Å². The number of rotatable bonds is 6. The lowest BCUT2D eigenvalue weighted by Crippen LogP contribution is -2.26. The van der Waals surface area contributed by atoms with Crippen molar-refractivity contribution in [1.82, 2.24) is 4.90 Å². The van der Waals surface area contributed by atoms with Crippen molar-refractivity contribution in [3.05, 3.63) is 41.5 Å². The van der Waals surface area contributed by atoms with Crippen LogP contribution in [0.2, 0.25) is 0 Å². The summed E-state index contributed by atoms with van der Waals surface area (Å²) in [5, 5.41) is 0. The predicted molar refractivity (Wildman–Crippen MR) is 79.7 cm³/mol. The summed E-state index contributed by atoms with van der Waals surface area (Å²) in [6.07, 6.45) is -3.29. The van der Waals surface area contributed by atoms with Crippen LogP contribution in [0.5, 0.6) is 0 Å². The van der Waals surface area contributed by atoms with E-state index >= 15 is 0 Å². The van der Waals surface area contributed by atoms with E-state index in [4.69, 9.17) is 5.73 Å². The number of hydrogen-bond donors (Lipinski definition) is 1. The van der Waals surface area contributed by atoms with Crippen molar-refractivity contribution < 1.29 is 22.0 Å². The Bertz CT molecular complexity index is 581. The molecule has 23 heavy (non-hydrogen) atoms. The monoisotopic (exact) mass is 335 g/mol. The number of alkyl halides is 3. The number of likely N-dealkylation sites (N-methyl/N-ethyl adjacent to an activating group) is 1. The maximum absolute atomic E-state index is 13.1. The largest absolute Gasteiger partial charge is 0.416 e. The fourth-order valence-corrected chi connectivity index (χ4v) is 2.35. The normalized spacial score (nSPS) is 14.7. The first-order chi connectivity index (χ1) is 10.7. The van der Waals surface area contributed by atoms with Crippen molar-refractivity contribution in [2.45, 2.75) is 25.6 Å². The van der Waals surface area contributed by atoms with E-state index < -0.39 is 23.6 Å². The first-order valence-electron chi connectivity index (χ1n) is 6.85. The molecule has 0 amide bonds. The van der Waals surface area contributed by atoms with Gasteiger partial charge in [-0.25, -0.2) is 13.8 Å². The van der Waals surface area contributed by atoms with Gasteiger partial charge >= 0.3 is 6.18 Å². The van der Waals surface area contributed by atoms with Crippen LogP contribution in [-0.4, -0.2) is 24.8 Å². The van der Waals surface area contributed by atoms with E-state index in [2.05, 4.69) is 4.99 Å². The molecule has 0 fully saturated rings. The first-order valence-corrected chi connectivity index (χ1v) is 6.85. The van der Waals surface area contributed by atoms with E-state index in [0.717, 1.165) is 18.5 Å². The molecular weight excluding hydrogens is 317 g/mol. The quantitative estimate of drug-likeness (QED) is 0.473. The molecule has 1 aromatic rings. The zero-order valence-electron chi connectivity index (χ0n) is 12.7. The lowest BCUT2D eigenvalue weighted by atomic mass is 9.99. The summed E-state index contributed by atoms with van der Waals surface area (Å²) in [5.41, 5.74) is 4.85. The summed E-state index contributed by atoms with van der Waals surface area (Å²) in [4.78, 5) is 5.26. The molecule has 0 bridgehead atoms. The van der Waals surface area contributed by atoms with Crippen LogP contribution in [0.15, 0.2) is 35.3 Å². The highest BCUT2D eigenvalue weighted by Gasteiger charge is 2.32. The zero-order valence-corrected chi connectivity index (χ0v) is 12.7. The smallest absolute Gasteiger partial charge is 0.390 e. The van der Waals surface area contributed by atoms with Gasteiger partial charge in [0.15, 0.2) is 0 Å². The summed E-state index contributed by atoms with van der Waals surface area (Å²) in [6, 6.07) is 2.66. The average molecular weight is 335 g/mol. The van der Waals surface area contributed by atoms with Gasteiger partial charge in [0.1, 0.15) is 12.2 Å². The Kier molecular flexibility index (Phi) is 6.68. The minimum Gasteiger partial charge on any atom is -0.390 e. The average Bonchev–Trinajstić information content (AvgIpc) is 2.48. The van der Waals surface area contributed by atoms with Crippen LogP contribution in [0, 0.1) is 0 Å². The molecule has 1 atom stereocenters. The van der Waals surface area contributed by atoms with E-state index in [1.807, 2.05) is 0 Å². The highest BCUT2D eigenvalue weighted by atomic mass is 19.4. The Labute approximate surface area is 131 Å². The number of halogens is 5. The Morgan fingerprint density at radius 2 is 2.04 bits per heavy atom. The molecule has 2 N–H and O–H groups in total. The predicted octanol–water partition coefficient (Wildman–Crippen LogP) is 4.49. The summed E-state index contributed by atoms with van der Waals surface area (Å²) in [7, 11) is 1.55. The SMILES string of the molecule is CCC(c1ccc(C(F)(F)F)cc1N=CN)N(C)C/C(F)=C/F. The van der Waals surface area contributed by atoms with Gasteiger partial charge in [0.2, 0.25) is 0 Å². The molecule has 0 aromatic heterocycles. The van der Waals surface area contributed by atoms with Crippen LogP contribution in [-0.2, 0) is 6.18 Å². The molecule has 128 valence electrons. The van der Waals surface area contributed by atoms with Gasteiger partial charge in [0.05, 0.1) is 24.1 Å². The topological polar surface area (TPSA) is 41.6 Å². The zero-order chi connectivity index (χ0) is 17.6. The molecule has 1 unspecified atom stereocenters. The van der Waals surface area contributed by atoms with Gasteiger partial charge < -0.3 is 5.73 Å². The lowest BCUT2D eigenvalue weighted by Gasteiger charge is -2.28. The van der Waals surface area contributed by atoms with Gasteiger partial charge in [-0.1, -0.05) is 13.0 Å². The summed E-state index contributed by atoms with van der Waals surface area (Å²) >= 11 is 0. The van der Waals surface area contributed by atoms with Gasteiger partial charge in [0, 0.05) is 6.04 Å². The minimum atomic E-state index is -4.51. The van der Waals surface area contributed by atoms with Crippen molar-refractivity contribution in [2.24, 2.45) is 10.7 Å². The van der Waals surface area contributed by atoms with E-state index in [1.54, 1.807) is 14.0 Å². The molecule has 0 spiro atoms. The second-order valence-corrected chi connectivity index (χ2v) is 4.94. The van der Waals surface area contributed by atoms with E-state index in [-0.39, 0.29) is 18.6 Å². The minimum absolute atomic E-state index is 0.0469. The molecule has 0 aliphatic heterocycles. The third-order valence-electron chi connectivity index (χ3n) is 3.37. The Morgan fingerprint density at radius 1 is 1.39 bits per heavy atom. The number of hydrogen-bond acceptors (Lipinski definition) is 2. The summed E-state index contributed by atoms with van der Waals surface area (Å²) < 4.78 is 63.7. The van der Waals surface area contributed by atoms with Crippen LogP contribution >= 0.6 is 0 Å². The molecule has 0 heterocycles. The van der Waals surface area contributed by atoms with Gasteiger partial charge in [-0.3, -0.25) is 4.90 Å². The number of aliphatic imine (C=N–C) groups is 1. The number of benzene rings is 1. The molecule has 0 aliphatic carbocycles. The summed E-state index contributed by atoms with van der Waals surface area (Å²) in [6.45, 7) is 1.48.